The van der Waals surface area contributed by atoms with Gasteiger partial charge < -0.3 is 10.0 Å². The summed E-state index contributed by atoms with van der Waals surface area (Å²) in [4.78, 5) is 36.8. The predicted molar refractivity (Wildman–Crippen MR) is 140 cm³/mol. The first-order valence-electron chi connectivity index (χ1n) is 12.4. The van der Waals surface area contributed by atoms with Gasteiger partial charge in [-0.3, -0.25) is 14.2 Å². The minimum Gasteiger partial charge on any atom is -0.494 e. The van der Waals surface area contributed by atoms with Gasteiger partial charge in [-0.2, -0.15) is 4.98 Å². The number of thiazole rings is 1. The normalized spacial score (nSPS) is 16.0. The zero-order chi connectivity index (χ0) is 27.8. The van der Waals surface area contributed by atoms with Crippen molar-refractivity contribution in [3.8, 4) is 16.7 Å². The summed E-state index contributed by atoms with van der Waals surface area (Å²) in [6.07, 6.45) is 0.846. The molecule has 7 nitrogen and oxygen atoms in total. The summed E-state index contributed by atoms with van der Waals surface area (Å²) in [7, 11) is 0. The number of hydrogen-bond acceptors (Lipinski definition) is 6. The van der Waals surface area contributed by atoms with Crippen molar-refractivity contribution in [3.05, 3.63) is 98.0 Å². The third kappa shape index (κ3) is 5.18. The maximum absolute atomic E-state index is 14.2. The van der Waals surface area contributed by atoms with E-state index in [9.17, 15) is 27.9 Å². The Kier molecular flexibility index (Phi) is 7.26. The van der Waals surface area contributed by atoms with Crippen molar-refractivity contribution < 1.29 is 23.1 Å². The van der Waals surface area contributed by atoms with Crippen LogP contribution in [-0.2, 0) is 0 Å². The van der Waals surface area contributed by atoms with Crippen LogP contribution in [0.25, 0.3) is 10.8 Å². The molecule has 0 spiro atoms. The van der Waals surface area contributed by atoms with Crippen LogP contribution >= 0.6 is 11.3 Å². The summed E-state index contributed by atoms with van der Waals surface area (Å²) >= 11 is 1.19. The summed E-state index contributed by atoms with van der Waals surface area (Å²) in [6.45, 7) is 4.09. The molecular weight excluding hydrogens is 529 g/mol. The van der Waals surface area contributed by atoms with Crippen LogP contribution in [0.3, 0.4) is 0 Å². The number of hydrogen-bond donors (Lipinski definition) is 1. The van der Waals surface area contributed by atoms with E-state index in [4.69, 9.17) is 0 Å². The molecule has 2 aromatic heterocycles. The lowest BCUT2D eigenvalue weighted by atomic mass is 9.98. The first kappa shape index (κ1) is 26.6. The molecule has 2 unspecified atom stereocenters. The SMILES string of the molecule is CCC(c1cc(F)cc(F)c1)n1c(-c2nc(C)cs2)nc(=O)c(C(=O)N2CCC(c3ccc(F)cc3)C2)c1O. The fourth-order valence-electron chi connectivity index (χ4n) is 5.06. The first-order valence-corrected chi connectivity index (χ1v) is 13.3. The molecule has 0 saturated carbocycles. The van der Waals surface area contributed by atoms with Crippen LogP contribution in [0.5, 0.6) is 5.88 Å². The van der Waals surface area contributed by atoms with E-state index < -0.39 is 40.6 Å². The van der Waals surface area contributed by atoms with E-state index in [0.29, 0.717) is 23.7 Å². The van der Waals surface area contributed by atoms with Crippen molar-refractivity contribution in [1.29, 1.82) is 0 Å². The summed E-state index contributed by atoms with van der Waals surface area (Å²) in [5.74, 6) is -3.39. The Bertz CT molecular complexity index is 1580. The van der Waals surface area contributed by atoms with Gasteiger partial charge in [-0.1, -0.05) is 19.1 Å². The number of amides is 1. The van der Waals surface area contributed by atoms with E-state index >= 15 is 0 Å². The van der Waals surface area contributed by atoms with Gasteiger partial charge in [0.1, 0.15) is 17.5 Å². The molecule has 1 N–H and O–H groups in total. The molecule has 0 radical (unpaired) electrons. The van der Waals surface area contributed by atoms with Crippen molar-refractivity contribution in [1.82, 2.24) is 19.4 Å². The number of carbonyl (C=O) groups is 1. The van der Waals surface area contributed by atoms with Crippen molar-refractivity contribution in [2.45, 2.75) is 38.6 Å². The van der Waals surface area contributed by atoms with Gasteiger partial charge >= 0.3 is 0 Å². The highest BCUT2D eigenvalue weighted by Crippen LogP contribution is 2.36. The van der Waals surface area contributed by atoms with Crippen LogP contribution in [0.4, 0.5) is 13.2 Å². The zero-order valence-electron chi connectivity index (χ0n) is 21.2. The van der Waals surface area contributed by atoms with Crippen molar-refractivity contribution in [2.24, 2.45) is 0 Å². The van der Waals surface area contributed by atoms with Crippen LogP contribution in [0.1, 0.15) is 58.9 Å². The highest BCUT2D eigenvalue weighted by molar-refractivity contribution is 7.13. The quantitative estimate of drug-likeness (QED) is 0.344. The smallest absolute Gasteiger partial charge is 0.290 e. The fraction of sp³-hybridized carbons (Fsp3) is 0.286. The lowest BCUT2D eigenvalue weighted by Crippen LogP contribution is -2.35. The highest BCUT2D eigenvalue weighted by atomic mass is 32.1. The van der Waals surface area contributed by atoms with Crippen LogP contribution in [-0.4, -0.2) is 43.5 Å². The first-order chi connectivity index (χ1) is 18.7. The third-order valence-corrected chi connectivity index (χ3v) is 7.87. The Morgan fingerprint density at radius 2 is 1.79 bits per heavy atom. The minimum absolute atomic E-state index is 0.00530. The molecule has 11 heteroatoms. The number of benzene rings is 2. The maximum Gasteiger partial charge on any atom is 0.290 e. The second-order valence-corrected chi connectivity index (χ2v) is 10.4. The van der Waals surface area contributed by atoms with E-state index in [1.54, 1.807) is 31.4 Å². The molecule has 1 amide bonds. The number of likely N-dealkylation sites (tertiary alicyclic amines) is 1. The molecule has 3 heterocycles. The average molecular weight is 555 g/mol. The predicted octanol–water partition coefficient (Wildman–Crippen LogP) is 5.43. The Morgan fingerprint density at radius 3 is 2.41 bits per heavy atom. The zero-order valence-corrected chi connectivity index (χ0v) is 22.0. The lowest BCUT2D eigenvalue weighted by Gasteiger charge is -2.25. The van der Waals surface area contributed by atoms with E-state index in [-0.39, 0.29) is 36.1 Å². The summed E-state index contributed by atoms with van der Waals surface area (Å²) < 4.78 is 43.0. The summed E-state index contributed by atoms with van der Waals surface area (Å²) in [6, 6.07) is 8.19. The Hall–Kier alpha value is -3.99. The van der Waals surface area contributed by atoms with Crippen molar-refractivity contribution in [2.75, 3.05) is 13.1 Å². The number of rotatable bonds is 6. The van der Waals surface area contributed by atoms with E-state index in [1.165, 1.54) is 32.9 Å². The average Bonchev–Trinajstić information content (AvgIpc) is 3.55. The molecule has 202 valence electrons. The van der Waals surface area contributed by atoms with Gasteiger partial charge in [0.2, 0.25) is 5.88 Å². The molecule has 0 aliphatic carbocycles. The molecule has 0 bridgehead atoms. The summed E-state index contributed by atoms with van der Waals surface area (Å²) in [5, 5.41) is 13.5. The number of aromatic nitrogens is 3. The van der Waals surface area contributed by atoms with E-state index in [0.717, 1.165) is 23.8 Å². The van der Waals surface area contributed by atoms with Gasteiger partial charge in [0, 0.05) is 36.1 Å². The van der Waals surface area contributed by atoms with Crippen molar-refractivity contribution in [3.63, 3.8) is 0 Å². The van der Waals surface area contributed by atoms with Gasteiger partial charge in [0.05, 0.1) is 6.04 Å². The number of halogens is 3. The van der Waals surface area contributed by atoms with Gasteiger partial charge in [-0.15, -0.1) is 11.3 Å². The fourth-order valence-corrected chi connectivity index (χ4v) is 5.84. The molecule has 1 fully saturated rings. The Morgan fingerprint density at radius 1 is 1.10 bits per heavy atom. The van der Waals surface area contributed by atoms with Gasteiger partial charge in [-0.05, 0) is 55.2 Å². The van der Waals surface area contributed by atoms with E-state index in [2.05, 4.69) is 9.97 Å². The number of nitrogens with zero attached hydrogens (tertiary/aromatic N) is 4. The second kappa shape index (κ2) is 10.6. The van der Waals surface area contributed by atoms with Crippen LogP contribution in [0, 0.1) is 24.4 Å². The van der Waals surface area contributed by atoms with Crippen LogP contribution in [0.15, 0.2) is 52.6 Å². The standard InChI is InChI=1S/C28H25F3N4O3S/c1-3-22(18-10-20(30)12-21(31)11-18)35-24(26-32-15(2)14-39-26)33-25(36)23(28(35)38)27(37)34-9-8-17(13-34)16-4-6-19(29)7-5-16/h4-7,10-12,14,17,22,38H,3,8-9,13H2,1-2H3. The minimum atomic E-state index is -0.929. The Balaban J connectivity index is 1.60. The molecular formula is C28H25F3N4O3S. The molecule has 4 aromatic rings. The molecule has 5 rings (SSSR count). The molecule has 1 saturated heterocycles. The number of aryl methyl sites for hydroxylation is 1. The molecule has 1 aliphatic rings. The maximum atomic E-state index is 14.2. The van der Waals surface area contributed by atoms with Gasteiger partial charge in [0.25, 0.3) is 11.5 Å². The second-order valence-electron chi connectivity index (χ2n) is 9.52. The molecule has 39 heavy (non-hydrogen) atoms. The molecule has 2 atom stereocenters. The van der Waals surface area contributed by atoms with E-state index in [1.807, 2.05) is 0 Å². The number of aromatic hydroxyl groups is 1. The monoisotopic (exact) mass is 554 g/mol. The molecule has 2 aromatic carbocycles. The van der Waals surface area contributed by atoms with Gasteiger partial charge in [0.15, 0.2) is 16.4 Å². The van der Waals surface area contributed by atoms with Crippen LogP contribution < -0.4 is 5.56 Å². The highest BCUT2D eigenvalue weighted by Gasteiger charge is 2.34. The Labute approximate surface area is 226 Å². The van der Waals surface area contributed by atoms with Crippen LogP contribution in [0.2, 0.25) is 0 Å². The summed E-state index contributed by atoms with van der Waals surface area (Å²) in [5.41, 5.74) is 0.259. The third-order valence-electron chi connectivity index (χ3n) is 6.91. The number of carbonyl (C=O) groups excluding carboxylic acids is 1. The van der Waals surface area contributed by atoms with Gasteiger partial charge in [-0.25, -0.2) is 18.2 Å². The molecule has 1 aliphatic heterocycles. The topological polar surface area (TPSA) is 88.3 Å². The lowest BCUT2D eigenvalue weighted by molar-refractivity contribution is 0.0783. The largest absolute Gasteiger partial charge is 0.494 e. The van der Waals surface area contributed by atoms with Crippen molar-refractivity contribution >= 4 is 17.2 Å².